The summed E-state index contributed by atoms with van der Waals surface area (Å²) < 4.78 is 11.4. The van der Waals surface area contributed by atoms with Gasteiger partial charge in [-0.05, 0) is 11.6 Å². The van der Waals surface area contributed by atoms with E-state index in [2.05, 4.69) is 4.99 Å². The summed E-state index contributed by atoms with van der Waals surface area (Å²) in [5.41, 5.74) is 2.57. The summed E-state index contributed by atoms with van der Waals surface area (Å²) >= 11 is 0. The molecule has 7 heteroatoms. The van der Waals surface area contributed by atoms with Crippen LogP contribution in [0.2, 0.25) is 0 Å². The van der Waals surface area contributed by atoms with Crippen LogP contribution in [0.1, 0.15) is 5.56 Å². The predicted octanol–water partition coefficient (Wildman–Crippen LogP) is 1.41. The lowest BCUT2D eigenvalue weighted by Crippen LogP contribution is -3.06. The third-order valence-corrected chi connectivity index (χ3v) is 5.26. The lowest BCUT2D eigenvalue weighted by Gasteiger charge is -2.25. The molecule has 2 aromatic rings. The topological polar surface area (TPSA) is 75.8 Å². The van der Waals surface area contributed by atoms with Crippen LogP contribution >= 0.6 is 0 Å². The second-order valence-electron chi connectivity index (χ2n) is 7.04. The second-order valence-corrected chi connectivity index (χ2v) is 7.04. The number of quaternary nitrogens is 1. The van der Waals surface area contributed by atoms with Gasteiger partial charge < -0.3 is 14.6 Å². The number of amidine groups is 1. The Bertz CT molecular complexity index is 973. The highest BCUT2D eigenvalue weighted by Gasteiger charge is 2.40. The first-order chi connectivity index (χ1) is 13.7. The van der Waals surface area contributed by atoms with Crippen molar-refractivity contribution in [3.63, 3.8) is 0 Å². The lowest BCUT2D eigenvalue weighted by atomic mass is 10.0. The van der Waals surface area contributed by atoms with E-state index in [0.29, 0.717) is 24.5 Å². The van der Waals surface area contributed by atoms with Gasteiger partial charge in [0.05, 0.1) is 24.5 Å². The number of cyclic esters (lactones) is 1. The number of carbonyl (C=O) groups is 1. The van der Waals surface area contributed by atoms with Crippen LogP contribution in [0.4, 0.5) is 16.2 Å². The Morgan fingerprint density at radius 3 is 2.93 bits per heavy atom. The number of ether oxygens (including phenoxy) is 2. The van der Waals surface area contributed by atoms with Gasteiger partial charge in [0, 0.05) is 12.5 Å². The number of aliphatic hydroxyl groups excluding tert-OH is 1. The molecule has 0 spiro atoms. The Morgan fingerprint density at radius 2 is 2.07 bits per heavy atom. The molecule has 2 unspecified atom stereocenters. The van der Waals surface area contributed by atoms with E-state index in [-0.39, 0.29) is 6.54 Å². The number of hydrogen-bond donors (Lipinski definition) is 2. The lowest BCUT2D eigenvalue weighted by molar-refractivity contribution is -0.669. The van der Waals surface area contributed by atoms with Crippen LogP contribution in [0.15, 0.2) is 65.9 Å². The number of nitrogens with one attached hydrogen (secondary N) is 1. The molecule has 3 aliphatic rings. The number of carbonyl (C=O) groups excluding carboxylic acids is 1. The predicted molar refractivity (Wildman–Crippen MR) is 103 cm³/mol. The minimum atomic E-state index is -0.775. The van der Waals surface area contributed by atoms with Crippen LogP contribution in [0.25, 0.3) is 0 Å². The standard InChI is InChI=1S/C21H19N3O4/c25-17(11-14-5-2-1-3-6-14)18-12-24(21(26)28-18)16-8-4-7-15-20(16)27-13-19-22-9-10-23(15)19/h1-10,17-18,25H,11-13H2/p+1/t17?,18-/m1/s1. The van der Waals surface area contributed by atoms with Crippen LogP contribution < -0.4 is 14.5 Å². The first kappa shape index (κ1) is 17.0. The molecule has 1 fully saturated rings. The number of benzene rings is 2. The zero-order valence-corrected chi connectivity index (χ0v) is 15.1. The Labute approximate surface area is 162 Å². The van der Waals surface area contributed by atoms with Crippen molar-refractivity contribution in [1.29, 1.82) is 0 Å². The number of amides is 1. The van der Waals surface area contributed by atoms with Crippen molar-refractivity contribution in [3.05, 3.63) is 66.5 Å². The van der Waals surface area contributed by atoms with E-state index < -0.39 is 18.3 Å². The third kappa shape index (κ3) is 2.85. The van der Waals surface area contributed by atoms with Crippen LogP contribution in [-0.4, -0.2) is 42.4 Å². The molecule has 142 valence electrons. The van der Waals surface area contributed by atoms with Gasteiger partial charge >= 0.3 is 6.09 Å². The van der Waals surface area contributed by atoms with E-state index in [9.17, 15) is 9.90 Å². The van der Waals surface area contributed by atoms with Crippen LogP contribution in [0.5, 0.6) is 5.75 Å². The molecule has 0 aliphatic carbocycles. The van der Waals surface area contributed by atoms with Gasteiger partial charge in [0.1, 0.15) is 12.3 Å². The SMILES string of the molecule is O=C1O[C@@H](C(O)Cc2ccccc2)CN1c1cccc2c1OCC1=NC=C[NH+]12. The number of anilines is 1. The molecule has 3 atom stereocenters. The molecule has 0 aromatic heterocycles. The van der Waals surface area contributed by atoms with Gasteiger partial charge in [-0.25, -0.2) is 9.69 Å². The molecular formula is C21H20N3O4+. The average molecular weight is 378 g/mol. The molecular weight excluding hydrogens is 358 g/mol. The van der Waals surface area contributed by atoms with Crippen molar-refractivity contribution in [3.8, 4) is 5.75 Å². The monoisotopic (exact) mass is 378 g/mol. The zero-order chi connectivity index (χ0) is 19.1. The Morgan fingerprint density at radius 1 is 1.21 bits per heavy atom. The van der Waals surface area contributed by atoms with Crippen molar-refractivity contribution >= 4 is 23.3 Å². The molecule has 2 N–H and O–H groups in total. The molecule has 7 nitrogen and oxygen atoms in total. The van der Waals surface area contributed by atoms with Gasteiger partial charge in [0.15, 0.2) is 12.3 Å². The number of rotatable bonds is 4. The van der Waals surface area contributed by atoms with Gasteiger partial charge in [-0.15, -0.1) is 0 Å². The summed E-state index contributed by atoms with van der Waals surface area (Å²) in [4.78, 5) is 19.4. The maximum absolute atomic E-state index is 12.5. The van der Waals surface area contributed by atoms with Crippen LogP contribution in [0.3, 0.4) is 0 Å². The number of para-hydroxylation sites is 1. The maximum Gasteiger partial charge on any atom is 0.414 e. The number of aliphatic hydroxyl groups is 1. The molecule has 0 radical (unpaired) electrons. The Balaban J connectivity index is 1.38. The van der Waals surface area contributed by atoms with Gasteiger partial charge in [-0.2, -0.15) is 4.99 Å². The summed E-state index contributed by atoms with van der Waals surface area (Å²) in [5.74, 6) is 1.54. The van der Waals surface area contributed by atoms with E-state index in [4.69, 9.17) is 9.47 Å². The number of hydrogen-bond acceptors (Lipinski definition) is 5. The van der Waals surface area contributed by atoms with Gasteiger partial charge in [0.25, 0.3) is 0 Å². The fraction of sp³-hybridized carbons (Fsp3) is 0.238. The summed E-state index contributed by atoms with van der Waals surface area (Å²) in [6.07, 6.45) is 2.30. The van der Waals surface area contributed by atoms with Crippen molar-refractivity contribution in [1.82, 2.24) is 0 Å². The molecule has 0 bridgehead atoms. The molecule has 2 aromatic carbocycles. The van der Waals surface area contributed by atoms with Crippen LogP contribution in [-0.2, 0) is 11.2 Å². The molecule has 5 rings (SSSR count). The number of nitrogens with zero attached hydrogens (tertiary/aromatic N) is 2. The molecule has 0 saturated carbocycles. The highest BCUT2D eigenvalue weighted by molar-refractivity contribution is 5.94. The molecule has 3 heterocycles. The fourth-order valence-electron chi connectivity index (χ4n) is 3.84. The molecule has 3 aliphatic heterocycles. The van der Waals surface area contributed by atoms with E-state index in [1.54, 1.807) is 11.1 Å². The minimum absolute atomic E-state index is 0.277. The third-order valence-electron chi connectivity index (χ3n) is 5.26. The summed E-state index contributed by atoms with van der Waals surface area (Å²) in [6.45, 7) is 0.647. The van der Waals surface area contributed by atoms with Gasteiger partial charge in [0.2, 0.25) is 11.6 Å². The highest BCUT2D eigenvalue weighted by atomic mass is 16.6. The van der Waals surface area contributed by atoms with E-state index in [0.717, 1.165) is 22.0 Å². The van der Waals surface area contributed by atoms with Crippen molar-refractivity contribution in [2.45, 2.75) is 18.6 Å². The summed E-state index contributed by atoms with van der Waals surface area (Å²) in [5, 5.41) is 10.6. The van der Waals surface area contributed by atoms with E-state index in [1.807, 2.05) is 54.7 Å². The quantitative estimate of drug-likeness (QED) is 0.844. The Hall–Kier alpha value is -3.16. The molecule has 28 heavy (non-hydrogen) atoms. The van der Waals surface area contributed by atoms with Crippen LogP contribution in [0, 0.1) is 0 Å². The average Bonchev–Trinajstić information content (AvgIpc) is 3.35. The molecule has 1 amide bonds. The number of fused-ring (bicyclic) bond motifs is 3. The largest absolute Gasteiger partial charge is 0.473 e. The van der Waals surface area contributed by atoms with Crippen molar-refractivity contribution in [2.24, 2.45) is 4.99 Å². The second kappa shape index (κ2) is 6.78. The van der Waals surface area contributed by atoms with Gasteiger partial charge in [-0.3, -0.25) is 4.90 Å². The minimum Gasteiger partial charge on any atom is -0.473 e. The van der Waals surface area contributed by atoms with E-state index >= 15 is 0 Å². The zero-order valence-electron chi connectivity index (χ0n) is 15.1. The van der Waals surface area contributed by atoms with Crippen molar-refractivity contribution < 1.29 is 24.3 Å². The van der Waals surface area contributed by atoms with Gasteiger partial charge in [-0.1, -0.05) is 36.4 Å². The summed E-state index contributed by atoms with van der Waals surface area (Å²) in [6, 6.07) is 15.4. The first-order valence-corrected chi connectivity index (χ1v) is 9.27. The normalized spacial score (nSPS) is 23.5. The van der Waals surface area contributed by atoms with E-state index in [1.165, 1.54) is 0 Å². The maximum atomic E-state index is 12.5. The highest BCUT2D eigenvalue weighted by Crippen LogP contribution is 2.38. The fourth-order valence-corrected chi connectivity index (χ4v) is 3.84. The first-order valence-electron chi connectivity index (χ1n) is 9.27. The smallest absolute Gasteiger partial charge is 0.414 e. The molecule has 1 saturated heterocycles. The summed E-state index contributed by atoms with van der Waals surface area (Å²) in [7, 11) is 0. The number of aliphatic imine (C=N–C) groups is 1. The Kier molecular flexibility index (Phi) is 4.11. The van der Waals surface area contributed by atoms with Crippen molar-refractivity contribution in [2.75, 3.05) is 18.1 Å².